The number of hydrogen-bond donors (Lipinski definition) is 2. The van der Waals surface area contributed by atoms with E-state index in [1.165, 1.54) is 0 Å². The van der Waals surface area contributed by atoms with E-state index in [0.717, 1.165) is 29.9 Å². The fraction of sp³-hybridized carbons (Fsp3) is 0.385. The van der Waals surface area contributed by atoms with Gasteiger partial charge in [-0.05, 0) is 31.5 Å². The highest BCUT2D eigenvalue weighted by atomic mass is 35.5. The Labute approximate surface area is 117 Å². The van der Waals surface area contributed by atoms with Gasteiger partial charge in [0.05, 0.1) is 16.8 Å². The molecule has 0 aliphatic carbocycles. The minimum absolute atomic E-state index is 0.0584. The fourth-order valence-corrected chi connectivity index (χ4v) is 2.42. The van der Waals surface area contributed by atoms with E-state index in [2.05, 4.69) is 28.5 Å². The third-order valence-electron chi connectivity index (χ3n) is 3.08. The van der Waals surface area contributed by atoms with E-state index in [1.54, 1.807) is 12.4 Å². The Hall–Kier alpha value is -1.43. The normalized spacial score (nSPS) is 12.6. The van der Waals surface area contributed by atoms with Gasteiger partial charge in [0.2, 0.25) is 0 Å². The summed E-state index contributed by atoms with van der Waals surface area (Å²) in [5, 5.41) is 5.05. The van der Waals surface area contributed by atoms with Crippen LogP contribution in [0.15, 0.2) is 24.5 Å². The molecule has 0 amide bonds. The number of aromatic nitrogens is 3. The average molecular weight is 280 g/mol. The molecule has 5 nitrogen and oxygen atoms in total. The highest BCUT2D eigenvalue weighted by Crippen LogP contribution is 2.24. The van der Waals surface area contributed by atoms with Crippen LogP contribution in [-0.4, -0.2) is 14.8 Å². The predicted molar refractivity (Wildman–Crippen MR) is 75.7 cm³/mol. The first-order valence-electron chi connectivity index (χ1n) is 6.24. The van der Waals surface area contributed by atoms with Gasteiger partial charge in [0.15, 0.2) is 0 Å². The van der Waals surface area contributed by atoms with Gasteiger partial charge in [0, 0.05) is 31.1 Å². The van der Waals surface area contributed by atoms with Crippen LogP contribution in [-0.2, 0) is 13.0 Å². The van der Waals surface area contributed by atoms with Crippen molar-refractivity contribution in [2.45, 2.75) is 32.9 Å². The number of hydrogen-bond acceptors (Lipinski definition) is 4. The van der Waals surface area contributed by atoms with Crippen molar-refractivity contribution in [3.05, 3.63) is 46.5 Å². The van der Waals surface area contributed by atoms with E-state index in [4.69, 9.17) is 17.4 Å². The molecule has 0 fully saturated rings. The summed E-state index contributed by atoms with van der Waals surface area (Å²) < 4.78 is 1.98. The minimum Gasteiger partial charge on any atom is -0.271 e. The summed E-state index contributed by atoms with van der Waals surface area (Å²) in [5.41, 5.74) is 5.90. The molecule has 1 atom stereocenters. The number of nitrogens with zero attached hydrogens (tertiary/aromatic N) is 3. The van der Waals surface area contributed by atoms with Crippen LogP contribution in [0.1, 0.15) is 29.9 Å². The van der Waals surface area contributed by atoms with Gasteiger partial charge < -0.3 is 0 Å². The number of hydrazine groups is 1. The topological polar surface area (TPSA) is 68.8 Å². The summed E-state index contributed by atoms with van der Waals surface area (Å²) in [6.45, 7) is 4.89. The van der Waals surface area contributed by atoms with Crippen molar-refractivity contribution >= 4 is 11.6 Å². The van der Waals surface area contributed by atoms with Crippen LogP contribution in [0, 0.1) is 6.92 Å². The lowest BCUT2D eigenvalue weighted by Crippen LogP contribution is -2.30. The molecule has 0 bridgehead atoms. The molecule has 2 heterocycles. The Kier molecular flexibility index (Phi) is 4.52. The Balaban J connectivity index is 2.26. The Bertz CT molecular complexity index is 552. The van der Waals surface area contributed by atoms with E-state index >= 15 is 0 Å². The molecule has 1 unspecified atom stereocenters. The highest BCUT2D eigenvalue weighted by Gasteiger charge is 2.16. The molecule has 0 aromatic carbocycles. The number of pyridine rings is 1. The zero-order chi connectivity index (χ0) is 13.8. The maximum absolute atomic E-state index is 6.16. The van der Waals surface area contributed by atoms with Crippen molar-refractivity contribution < 1.29 is 0 Å². The van der Waals surface area contributed by atoms with E-state index in [-0.39, 0.29) is 6.04 Å². The molecule has 3 N–H and O–H groups in total. The average Bonchev–Trinajstić information content (AvgIpc) is 2.77. The SMILES string of the molecule is CCn1nc(C)cc1CC(NN)c1ccncc1Cl. The smallest absolute Gasteiger partial charge is 0.0637 e. The molecule has 2 aromatic rings. The summed E-state index contributed by atoms with van der Waals surface area (Å²) in [6.07, 6.45) is 4.08. The van der Waals surface area contributed by atoms with Crippen molar-refractivity contribution in [1.82, 2.24) is 20.2 Å². The van der Waals surface area contributed by atoms with Crippen molar-refractivity contribution in [2.75, 3.05) is 0 Å². The maximum atomic E-state index is 6.16. The zero-order valence-corrected chi connectivity index (χ0v) is 11.9. The van der Waals surface area contributed by atoms with E-state index < -0.39 is 0 Å². The third-order valence-corrected chi connectivity index (χ3v) is 3.39. The molecule has 2 rings (SSSR count). The van der Waals surface area contributed by atoms with E-state index in [1.807, 2.05) is 17.7 Å². The number of aryl methyl sites for hydroxylation is 2. The van der Waals surface area contributed by atoms with Crippen LogP contribution in [0.25, 0.3) is 0 Å². The highest BCUT2D eigenvalue weighted by molar-refractivity contribution is 6.31. The van der Waals surface area contributed by atoms with Crippen LogP contribution >= 0.6 is 11.6 Å². The monoisotopic (exact) mass is 279 g/mol. The molecule has 0 spiro atoms. The second kappa shape index (κ2) is 6.14. The number of rotatable bonds is 5. The lowest BCUT2D eigenvalue weighted by molar-refractivity contribution is 0.516. The molecule has 2 aromatic heterocycles. The Morgan fingerprint density at radius 1 is 1.53 bits per heavy atom. The summed E-state index contributed by atoms with van der Waals surface area (Å²) >= 11 is 6.16. The standard InChI is InChI=1S/C13H18ClN5/c1-3-19-10(6-9(2)18-19)7-13(17-15)11-4-5-16-8-12(11)14/h4-6,8,13,17H,3,7,15H2,1-2H3. The van der Waals surface area contributed by atoms with Crippen molar-refractivity contribution in [2.24, 2.45) is 5.84 Å². The van der Waals surface area contributed by atoms with Crippen LogP contribution in [0.3, 0.4) is 0 Å². The minimum atomic E-state index is -0.0584. The molecule has 0 saturated heterocycles. The second-order valence-corrected chi connectivity index (χ2v) is 4.82. The van der Waals surface area contributed by atoms with Gasteiger partial charge in [-0.1, -0.05) is 11.6 Å². The van der Waals surface area contributed by atoms with Crippen LogP contribution in [0.2, 0.25) is 5.02 Å². The summed E-state index contributed by atoms with van der Waals surface area (Å²) in [5.74, 6) is 5.66. The fourth-order valence-electron chi connectivity index (χ4n) is 2.17. The number of nitrogens with one attached hydrogen (secondary N) is 1. The first kappa shape index (κ1) is 14.0. The molecule has 0 aliphatic heterocycles. The summed E-state index contributed by atoms with van der Waals surface area (Å²) in [6, 6.07) is 3.90. The molecular weight excluding hydrogens is 262 g/mol. The number of halogens is 1. The third kappa shape index (κ3) is 3.12. The summed E-state index contributed by atoms with van der Waals surface area (Å²) in [4.78, 5) is 3.99. The zero-order valence-electron chi connectivity index (χ0n) is 11.1. The lowest BCUT2D eigenvalue weighted by atomic mass is 10.0. The molecule has 0 radical (unpaired) electrons. The largest absolute Gasteiger partial charge is 0.271 e. The van der Waals surface area contributed by atoms with Gasteiger partial charge in [-0.15, -0.1) is 0 Å². The van der Waals surface area contributed by atoms with Gasteiger partial charge in [-0.3, -0.25) is 20.9 Å². The molecule has 0 aliphatic rings. The van der Waals surface area contributed by atoms with Gasteiger partial charge in [-0.25, -0.2) is 0 Å². The Morgan fingerprint density at radius 2 is 2.32 bits per heavy atom. The van der Waals surface area contributed by atoms with E-state index in [9.17, 15) is 0 Å². The second-order valence-electron chi connectivity index (χ2n) is 4.41. The van der Waals surface area contributed by atoms with Gasteiger partial charge in [0.25, 0.3) is 0 Å². The summed E-state index contributed by atoms with van der Waals surface area (Å²) in [7, 11) is 0. The molecule has 102 valence electrons. The van der Waals surface area contributed by atoms with Gasteiger partial charge >= 0.3 is 0 Å². The van der Waals surface area contributed by atoms with Crippen LogP contribution in [0.5, 0.6) is 0 Å². The maximum Gasteiger partial charge on any atom is 0.0637 e. The quantitative estimate of drug-likeness (QED) is 0.649. The van der Waals surface area contributed by atoms with Crippen LogP contribution in [0.4, 0.5) is 0 Å². The van der Waals surface area contributed by atoms with Crippen molar-refractivity contribution in [3.63, 3.8) is 0 Å². The number of nitrogens with two attached hydrogens (primary N) is 1. The first-order chi connectivity index (χ1) is 9.15. The van der Waals surface area contributed by atoms with Crippen LogP contribution < -0.4 is 11.3 Å². The molecule has 19 heavy (non-hydrogen) atoms. The predicted octanol–water partition coefficient (Wildman–Crippen LogP) is 2.01. The lowest BCUT2D eigenvalue weighted by Gasteiger charge is -2.17. The van der Waals surface area contributed by atoms with Gasteiger partial charge in [-0.2, -0.15) is 5.10 Å². The first-order valence-corrected chi connectivity index (χ1v) is 6.62. The van der Waals surface area contributed by atoms with Crippen molar-refractivity contribution in [3.8, 4) is 0 Å². The molecule has 0 saturated carbocycles. The van der Waals surface area contributed by atoms with Crippen molar-refractivity contribution in [1.29, 1.82) is 0 Å². The molecule has 6 heteroatoms. The Morgan fingerprint density at radius 3 is 2.95 bits per heavy atom. The van der Waals surface area contributed by atoms with E-state index in [0.29, 0.717) is 5.02 Å². The molecular formula is C13H18ClN5. The van der Waals surface area contributed by atoms with Gasteiger partial charge in [0.1, 0.15) is 0 Å².